The van der Waals surface area contributed by atoms with Gasteiger partial charge in [0.1, 0.15) is 24.0 Å². The van der Waals surface area contributed by atoms with E-state index >= 15 is 0 Å². The molecular weight excluding hydrogens is 520 g/mol. The molecule has 1 aliphatic rings. The predicted molar refractivity (Wildman–Crippen MR) is 153 cm³/mol. The maximum atomic E-state index is 11.3. The van der Waals surface area contributed by atoms with Gasteiger partial charge >= 0.3 is 0 Å². The molecule has 4 rings (SSSR count). The van der Waals surface area contributed by atoms with Crippen LogP contribution in [0, 0.1) is 5.92 Å². The van der Waals surface area contributed by atoms with Gasteiger partial charge in [-0.1, -0.05) is 23.7 Å². The molecule has 39 heavy (non-hydrogen) atoms. The van der Waals surface area contributed by atoms with Crippen LogP contribution in [0.1, 0.15) is 18.4 Å². The summed E-state index contributed by atoms with van der Waals surface area (Å²) in [5.74, 6) is 1.31. The number of hydrogen-bond acceptors (Lipinski definition) is 9. The van der Waals surface area contributed by atoms with Gasteiger partial charge in [0.25, 0.3) is 11.8 Å². The van der Waals surface area contributed by atoms with Gasteiger partial charge in [0.2, 0.25) is 0 Å². The van der Waals surface area contributed by atoms with Crippen LogP contribution >= 0.6 is 11.6 Å². The van der Waals surface area contributed by atoms with Gasteiger partial charge in [-0.05, 0) is 79.8 Å². The van der Waals surface area contributed by atoms with Crippen molar-refractivity contribution in [2.75, 3.05) is 27.2 Å². The van der Waals surface area contributed by atoms with Crippen molar-refractivity contribution < 1.29 is 18.8 Å². The molecule has 1 aliphatic heterocycles. The summed E-state index contributed by atoms with van der Waals surface area (Å²) < 4.78 is 9.98. The maximum Gasteiger partial charge on any atom is 0.268 e. The van der Waals surface area contributed by atoms with Crippen molar-refractivity contribution in [3.05, 3.63) is 83.3 Å². The second kappa shape index (κ2) is 18.2. The van der Waals surface area contributed by atoms with Crippen molar-refractivity contribution in [2.45, 2.75) is 19.4 Å². The SMILES string of the molecule is C=Nc1ccc(Oc2ccon2)cc1.CNC(=O)/C(=C\NCc1ccc(Cl)cc1)NC.O=CC1CCNCC1. The van der Waals surface area contributed by atoms with E-state index in [0.29, 0.717) is 34.8 Å². The van der Waals surface area contributed by atoms with E-state index in [1.165, 1.54) is 6.26 Å². The van der Waals surface area contributed by atoms with Gasteiger partial charge in [0, 0.05) is 43.8 Å². The standard InChI is InChI=1S/C12H16ClN3O.C10H8N2O2.C6H11NO/c1-14-11(12(17)15-2)8-16-7-9-3-5-10(13)6-4-9;1-11-8-2-4-9(5-3-8)14-10-6-7-13-12-10;8-5-6-1-3-7-4-2-6/h3-6,8,14,16H,7H2,1-2H3,(H,15,17);2-7H,1H2;5-7H,1-4H2/b11-8+;;. The molecule has 11 heteroatoms. The molecular formula is C28H35ClN6O4. The first kappa shape index (κ1) is 31.1. The molecule has 0 saturated carbocycles. The number of halogens is 1. The van der Waals surface area contributed by atoms with Crippen molar-refractivity contribution in [3.63, 3.8) is 0 Å². The molecule has 1 aromatic heterocycles. The van der Waals surface area contributed by atoms with E-state index in [0.717, 1.165) is 43.5 Å². The molecule has 2 heterocycles. The lowest BCUT2D eigenvalue weighted by Crippen LogP contribution is -2.28. The van der Waals surface area contributed by atoms with Gasteiger partial charge in [-0.25, -0.2) is 0 Å². The van der Waals surface area contributed by atoms with Crippen LogP contribution < -0.4 is 26.0 Å². The molecule has 1 fully saturated rings. The van der Waals surface area contributed by atoms with Gasteiger partial charge in [-0.15, -0.1) is 0 Å². The van der Waals surface area contributed by atoms with Gasteiger partial charge in [0.05, 0.1) is 5.69 Å². The first-order valence-corrected chi connectivity index (χ1v) is 12.8. The Kier molecular flexibility index (Phi) is 14.5. The van der Waals surface area contributed by atoms with Gasteiger partial charge in [-0.2, -0.15) is 0 Å². The number of aromatic nitrogens is 1. The van der Waals surface area contributed by atoms with Crippen molar-refractivity contribution in [3.8, 4) is 11.6 Å². The monoisotopic (exact) mass is 554 g/mol. The van der Waals surface area contributed by atoms with E-state index in [1.54, 1.807) is 38.5 Å². The van der Waals surface area contributed by atoms with Gasteiger partial charge < -0.3 is 35.3 Å². The lowest BCUT2D eigenvalue weighted by molar-refractivity contribution is -0.117. The van der Waals surface area contributed by atoms with E-state index in [-0.39, 0.29) is 5.91 Å². The number of piperidine rings is 1. The number of amides is 1. The number of carbonyl (C=O) groups excluding carboxylic acids is 2. The fourth-order valence-corrected chi connectivity index (χ4v) is 3.36. The molecule has 1 saturated heterocycles. The Bertz CT molecular complexity index is 1150. The molecule has 0 unspecified atom stereocenters. The number of benzene rings is 2. The number of nitrogens with one attached hydrogen (secondary N) is 4. The van der Waals surface area contributed by atoms with E-state index < -0.39 is 0 Å². The summed E-state index contributed by atoms with van der Waals surface area (Å²) >= 11 is 5.78. The molecule has 0 aliphatic carbocycles. The summed E-state index contributed by atoms with van der Waals surface area (Å²) in [4.78, 5) is 25.2. The normalized spacial score (nSPS) is 12.9. The Labute approximate surface area is 233 Å². The average molecular weight is 555 g/mol. The van der Waals surface area contributed by atoms with Crippen LogP contribution in [0.5, 0.6) is 11.6 Å². The highest BCUT2D eigenvalue weighted by molar-refractivity contribution is 6.30. The van der Waals surface area contributed by atoms with Crippen LogP contribution in [0.3, 0.4) is 0 Å². The number of rotatable bonds is 9. The van der Waals surface area contributed by atoms with Crippen molar-refractivity contribution >= 4 is 36.2 Å². The van der Waals surface area contributed by atoms with E-state index in [4.69, 9.17) is 16.3 Å². The minimum atomic E-state index is -0.156. The lowest BCUT2D eigenvalue weighted by Gasteiger charge is -2.16. The number of ether oxygens (including phenoxy) is 1. The highest BCUT2D eigenvalue weighted by atomic mass is 35.5. The fourth-order valence-electron chi connectivity index (χ4n) is 3.23. The first-order valence-electron chi connectivity index (χ1n) is 12.4. The summed E-state index contributed by atoms with van der Waals surface area (Å²) in [5.41, 5.74) is 2.39. The molecule has 1 amide bonds. The smallest absolute Gasteiger partial charge is 0.268 e. The Morgan fingerprint density at radius 1 is 1.13 bits per heavy atom. The zero-order chi connectivity index (χ0) is 28.3. The summed E-state index contributed by atoms with van der Waals surface area (Å²) in [6, 6.07) is 16.4. The molecule has 0 bridgehead atoms. The molecule has 0 spiro atoms. The Morgan fingerprint density at radius 3 is 2.33 bits per heavy atom. The number of aliphatic imine (C=N–C) groups is 1. The summed E-state index contributed by atoms with van der Waals surface area (Å²) in [6.45, 7) is 6.09. The minimum absolute atomic E-state index is 0.156. The quantitative estimate of drug-likeness (QED) is 0.176. The molecule has 208 valence electrons. The average Bonchev–Trinajstić information content (AvgIpc) is 3.50. The Morgan fingerprint density at radius 2 is 1.82 bits per heavy atom. The van der Waals surface area contributed by atoms with Gasteiger partial charge in [-0.3, -0.25) is 9.79 Å². The van der Waals surface area contributed by atoms with Crippen molar-refractivity contribution in [1.82, 2.24) is 26.4 Å². The second-order valence-corrected chi connectivity index (χ2v) is 8.65. The van der Waals surface area contributed by atoms with E-state index in [1.807, 2.05) is 36.4 Å². The third-order valence-corrected chi connectivity index (χ3v) is 5.69. The zero-order valence-electron chi connectivity index (χ0n) is 22.2. The number of nitrogens with zero attached hydrogens (tertiary/aromatic N) is 2. The maximum absolute atomic E-state index is 11.3. The van der Waals surface area contributed by atoms with Crippen LogP contribution in [-0.4, -0.2) is 51.3 Å². The fraction of sp³-hybridized carbons (Fsp3) is 0.286. The van der Waals surface area contributed by atoms with Crippen LogP contribution in [0.4, 0.5) is 5.69 Å². The number of aldehydes is 1. The summed E-state index contributed by atoms with van der Waals surface area (Å²) in [7, 11) is 3.29. The van der Waals surface area contributed by atoms with Gasteiger partial charge in [0.15, 0.2) is 0 Å². The third kappa shape index (κ3) is 12.3. The summed E-state index contributed by atoms with van der Waals surface area (Å²) in [5, 5.41) is 15.9. The molecule has 0 atom stereocenters. The lowest BCUT2D eigenvalue weighted by atomic mass is 10.0. The zero-order valence-corrected chi connectivity index (χ0v) is 22.9. The van der Waals surface area contributed by atoms with Crippen LogP contribution in [-0.2, 0) is 16.1 Å². The highest BCUT2D eigenvalue weighted by Crippen LogP contribution is 2.22. The Balaban J connectivity index is 0.000000217. The highest BCUT2D eigenvalue weighted by Gasteiger charge is 2.10. The molecule has 2 aromatic carbocycles. The number of likely N-dealkylation sites (N-methyl/N-ethyl adjacent to an activating group) is 2. The molecule has 4 N–H and O–H groups in total. The minimum Gasteiger partial charge on any atom is -0.436 e. The topological polar surface area (TPSA) is 130 Å². The number of carbonyl (C=O) groups is 2. The summed E-state index contributed by atoms with van der Waals surface area (Å²) in [6.07, 6.45) is 6.23. The molecule has 3 aromatic rings. The van der Waals surface area contributed by atoms with Crippen LogP contribution in [0.15, 0.2) is 82.3 Å². The number of hydrogen-bond donors (Lipinski definition) is 4. The molecule has 0 radical (unpaired) electrons. The van der Waals surface area contributed by atoms with Crippen molar-refractivity contribution in [1.29, 1.82) is 0 Å². The second-order valence-electron chi connectivity index (χ2n) is 8.21. The van der Waals surface area contributed by atoms with E-state index in [9.17, 15) is 9.59 Å². The van der Waals surface area contributed by atoms with E-state index in [2.05, 4.69) is 42.7 Å². The van der Waals surface area contributed by atoms with Crippen LogP contribution in [0.2, 0.25) is 5.02 Å². The first-order chi connectivity index (χ1) is 19.0. The predicted octanol–water partition coefficient (Wildman–Crippen LogP) is 4.22. The molecule has 10 nitrogen and oxygen atoms in total. The van der Waals surface area contributed by atoms with Crippen LogP contribution in [0.25, 0.3) is 0 Å². The largest absolute Gasteiger partial charge is 0.436 e. The Hall–Kier alpha value is -4.15. The van der Waals surface area contributed by atoms with Crippen molar-refractivity contribution in [2.24, 2.45) is 10.9 Å². The third-order valence-electron chi connectivity index (χ3n) is 5.44.